The van der Waals surface area contributed by atoms with Crippen molar-refractivity contribution in [3.8, 4) is 0 Å². The van der Waals surface area contributed by atoms with Crippen molar-refractivity contribution in [2.24, 2.45) is 10.9 Å². The minimum Gasteiger partial charge on any atom is -0.356 e. The molecule has 23 heavy (non-hydrogen) atoms. The molecule has 4 nitrogen and oxygen atoms in total. The molecule has 1 unspecified atom stereocenters. The van der Waals surface area contributed by atoms with Crippen molar-refractivity contribution in [1.82, 2.24) is 15.2 Å². The maximum atomic E-state index is 4.46. The fraction of sp³-hybridized carbons (Fsp3) is 0.647. The van der Waals surface area contributed by atoms with Gasteiger partial charge in [-0.2, -0.15) is 11.8 Å². The van der Waals surface area contributed by atoms with E-state index in [-0.39, 0.29) is 24.0 Å². The first-order valence-corrected chi connectivity index (χ1v) is 9.13. The zero-order valence-electron chi connectivity index (χ0n) is 14.6. The highest BCUT2D eigenvalue weighted by molar-refractivity contribution is 14.0. The lowest BCUT2D eigenvalue weighted by molar-refractivity contribution is 0.381. The van der Waals surface area contributed by atoms with E-state index < -0.39 is 0 Å². The lowest BCUT2D eigenvalue weighted by atomic mass is 10.1. The van der Waals surface area contributed by atoms with E-state index >= 15 is 0 Å². The molecule has 130 valence electrons. The van der Waals surface area contributed by atoms with E-state index in [0.717, 1.165) is 37.7 Å². The largest absolute Gasteiger partial charge is 0.356 e. The van der Waals surface area contributed by atoms with Crippen molar-refractivity contribution in [3.63, 3.8) is 0 Å². The fourth-order valence-electron chi connectivity index (χ4n) is 2.57. The minimum atomic E-state index is 0. The number of nitrogens with zero attached hydrogens (tertiary/aromatic N) is 3. The van der Waals surface area contributed by atoms with Crippen LogP contribution in [0.3, 0.4) is 0 Å². The Hall–Kier alpha value is -0.500. The highest BCUT2D eigenvalue weighted by Crippen LogP contribution is 2.24. The van der Waals surface area contributed by atoms with E-state index in [0.29, 0.717) is 11.2 Å². The third kappa shape index (κ3) is 6.49. The molecule has 0 aliphatic carbocycles. The monoisotopic (exact) mass is 448 g/mol. The average molecular weight is 448 g/mol. The Morgan fingerprint density at radius 1 is 1.48 bits per heavy atom. The lowest BCUT2D eigenvalue weighted by Crippen LogP contribution is -2.49. The van der Waals surface area contributed by atoms with Crippen molar-refractivity contribution < 1.29 is 0 Å². The molecule has 1 saturated heterocycles. The minimum absolute atomic E-state index is 0. The van der Waals surface area contributed by atoms with Crippen LogP contribution in [0.5, 0.6) is 0 Å². The quantitative estimate of drug-likeness (QED) is 0.437. The van der Waals surface area contributed by atoms with Crippen molar-refractivity contribution >= 4 is 41.7 Å². The van der Waals surface area contributed by atoms with Gasteiger partial charge in [-0.15, -0.1) is 24.0 Å². The Labute approximate surface area is 161 Å². The zero-order valence-corrected chi connectivity index (χ0v) is 17.7. The van der Waals surface area contributed by atoms with Gasteiger partial charge in [-0.25, -0.2) is 0 Å². The summed E-state index contributed by atoms with van der Waals surface area (Å²) in [5.41, 5.74) is 2.33. The van der Waals surface area contributed by atoms with Crippen molar-refractivity contribution in [2.45, 2.75) is 32.4 Å². The summed E-state index contributed by atoms with van der Waals surface area (Å²) in [6.45, 7) is 9.70. The maximum Gasteiger partial charge on any atom is 0.193 e. The second-order valence-corrected chi connectivity index (χ2v) is 7.48. The summed E-state index contributed by atoms with van der Waals surface area (Å²) in [5, 5.41) is 4.20. The molecule has 1 aromatic rings. The van der Waals surface area contributed by atoms with Crippen molar-refractivity contribution in [1.29, 1.82) is 0 Å². The number of rotatable bonds is 4. The summed E-state index contributed by atoms with van der Waals surface area (Å²) in [6, 6.07) is 4.22. The number of halogens is 1. The fourth-order valence-corrected chi connectivity index (χ4v) is 3.87. The number of guanidine groups is 1. The normalized spacial score (nSPS) is 18.7. The van der Waals surface area contributed by atoms with Gasteiger partial charge in [-0.1, -0.05) is 19.9 Å². The number of aliphatic imine (C=N–C) groups is 1. The van der Waals surface area contributed by atoms with Gasteiger partial charge < -0.3 is 10.2 Å². The van der Waals surface area contributed by atoms with Crippen LogP contribution < -0.4 is 5.32 Å². The second-order valence-electron chi connectivity index (χ2n) is 6.13. The number of pyridine rings is 1. The summed E-state index contributed by atoms with van der Waals surface area (Å²) >= 11 is 2.09. The molecule has 1 aliphatic heterocycles. The number of aryl methyl sites for hydroxylation is 1. The Morgan fingerprint density at radius 3 is 2.87 bits per heavy atom. The van der Waals surface area contributed by atoms with Gasteiger partial charge in [0.2, 0.25) is 0 Å². The van der Waals surface area contributed by atoms with Crippen LogP contribution in [0.2, 0.25) is 0 Å². The Kier molecular flexibility index (Phi) is 9.27. The maximum absolute atomic E-state index is 4.46. The van der Waals surface area contributed by atoms with Crippen LogP contribution in [-0.2, 0) is 6.42 Å². The van der Waals surface area contributed by atoms with E-state index in [4.69, 9.17) is 0 Å². The summed E-state index contributed by atoms with van der Waals surface area (Å²) in [6.07, 6.45) is 2.94. The number of hydrogen-bond donors (Lipinski definition) is 1. The first-order chi connectivity index (χ1) is 10.6. The molecule has 0 bridgehead atoms. The predicted molar refractivity (Wildman–Crippen MR) is 112 cm³/mol. The smallest absolute Gasteiger partial charge is 0.193 e. The van der Waals surface area contributed by atoms with Crippen molar-refractivity contribution in [3.05, 3.63) is 29.6 Å². The van der Waals surface area contributed by atoms with E-state index in [9.17, 15) is 0 Å². The lowest BCUT2D eigenvalue weighted by Gasteiger charge is -2.36. The van der Waals surface area contributed by atoms with Gasteiger partial charge in [-0.3, -0.25) is 9.98 Å². The summed E-state index contributed by atoms with van der Waals surface area (Å²) in [5.74, 6) is 2.93. The third-order valence-electron chi connectivity index (χ3n) is 4.02. The number of thioether (sulfide) groups is 1. The molecule has 1 aliphatic rings. The third-order valence-corrected chi connectivity index (χ3v) is 5.56. The van der Waals surface area contributed by atoms with Crippen LogP contribution in [0.15, 0.2) is 23.3 Å². The van der Waals surface area contributed by atoms with E-state index in [1.54, 1.807) is 0 Å². The van der Waals surface area contributed by atoms with Gasteiger partial charge in [0.1, 0.15) is 0 Å². The molecule has 2 rings (SSSR count). The standard InChI is InChI=1S/C17H28N4S.HI/c1-13(2)16-12-21(9-10-22-16)17(18-4)19-8-7-15-6-5-14(3)20-11-15;/h5-6,11,13,16H,7-10,12H2,1-4H3,(H,18,19);1H. The van der Waals surface area contributed by atoms with E-state index in [2.05, 4.69) is 57.9 Å². The van der Waals surface area contributed by atoms with Crippen LogP contribution in [-0.4, -0.2) is 53.5 Å². The molecule has 6 heteroatoms. The number of hydrogen-bond acceptors (Lipinski definition) is 3. The Balaban J connectivity index is 0.00000264. The topological polar surface area (TPSA) is 40.5 Å². The molecule has 1 N–H and O–H groups in total. The van der Waals surface area contributed by atoms with E-state index in [1.807, 2.05) is 20.2 Å². The van der Waals surface area contributed by atoms with Gasteiger partial charge >= 0.3 is 0 Å². The molecule has 0 saturated carbocycles. The molecule has 2 heterocycles. The van der Waals surface area contributed by atoms with Gasteiger partial charge in [0.15, 0.2) is 5.96 Å². The number of aromatic nitrogens is 1. The Morgan fingerprint density at radius 2 is 2.26 bits per heavy atom. The molecule has 1 atom stereocenters. The van der Waals surface area contributed by atoms with Crippen LogP contribution >= 0.6 is 35.7 Å². The highest BCUT2D eigenvalue weighted by Gasteiger charge is 2.24. The predicted octanol–water partition coefficient (Wildman–Crippen LogP) is 3.20. The second kappa shape index (κ2) is 10.4. The molecule has 0 radical (unpaired) electrons. The molecule has 0 aromatic carbocycles. The average Bonchev–Trinajstić information content (AvgIpc) is 2.53. The van der Waals surface area contributed by atoms with Crippen LogP contribution in [0, 0.1) is 12.8 Å². The molecule has 1 aromatic heterocycles. The number of nitrogens with one attached hydrogen (secondary N) is 1. The van der Waals surface area contributed by atoms with Gasteiger partial charge in [0.05, 0.1) is 0 Å². The molecular weight excluding hydrogens is 419 g/mol. The molecule has 0 amide bonds. The first-order valence-electron chi connectivity index (χ1n) is 8.09. The first kappa shape index (κ1) is 20.5. The summed E-state index contributed by atoms with van der Waals surface area (Å²) in [7, 11) is 1.88. The molecular formula is C17H29IN4S. The van der Waals surface area contributed by atoms with Crippen LogP contribution in [0.4, 0.5) is 0 Å². The SMILES string of the molecule is CN=C(NCCc1ccc(C)nc1)N1CCSC(C(C)C)C1.I. The summed E-state index contributed by atoms with van der Waals surface area (Å²) in [4.78, 5) is 11.2. The van der Waals surface area contributed by atoms with Crippen LogP contribution in [0.25, 0.3) is 0 Å². The molecule has 1 fully saturated rings. The van der Waals surface area contributed by atoms with Crippen molar-refractivity contribution in [2.75, 3.05) is 32.4 Å². The molecule has 0 spiro atoms. The summed E-state index contributed by atoms with van der Waals surface area (Å²) < 4.78 is 0. The van der Waals surface area contributed by atoms with Gasteiger partial charge in [-0.05, 0) is 30.9 Å². The zero-order chi connectivity index (χ0) is 15.9. The van der Waals surface area contributed by atoms with Gasteiger partial charge in [0, 0.05) is 49.6 Å². The highest BCUT2D eigenvalue weighted by atomic mass is 127. The van der Waals surface area contributed by atoms with E-state index in [1.165, 1.54) is 11.3 Å². The van der Waals surface area contributed by atoms with Crippen LogP contribution in [0.1, 0.15) is 25.1 Å². The Bertz CT molecular complexity index is 490. The van der Waals surface area contributed by atoms with Gasteiger partial charge in [0.25, 0.3) is 0 Å².